The van der Waals surface area contributed by atoms with Crippen LogP contribution in [-0.2, 0) is 9.84 Å². The zero-order chi connectivity index (χ0) is 15.9. The molecule has 1 aromatic rings. The second-order valence-corrected chi connectivity index (χ2v) is 7.75. The third-order valence-corrected chi connectivity index (χ3v) is 5.84. The van der Waals surface area contributed by atoms with Crippen molar-refractivity contribution in [2.75, 3.05) is 12.3 Å². The van der Waals surface area contributed by atoms with Gasteiger partial charge >= 0.3 is 0 Å². The molecule has 21 heavy (non-hydrogen) atoms. The van der Waals surface area contributed by atoms with E-state index < -0.39 is 9.84 Å². The predicted octanol–water partition coefficient (Wildman–Crippen LogP) is 3.75. The van der Waals surface area contributed by atoms with Crippen molar-refractivity contribution < 1.29 is 8.42 Å². The van der Waals surface area contributed by atoms with Crippen molar-refractivity contribution in [3.8, 4) is 0 Å². The van der Waals surface area contributed by atoms with Crippen molar-refractivity contribution in [2.24, 2.45) is 0 Å². The topological polar surface area (TPSA) is 46.2 Å². The Morgan fingerprint density at radius 3 is 2.14 bits per heavy atom. The highest BCUT2D eigenvalue weighted by Crippen LogP contribution is 2.25. The Morgan fingerprint density at radius 2 is 1.67 bits per heavy atom. The molecule has 3 nitrogen and oxygen atoms in total. The van der Waals surface area contributed by atoms with Crippen molar-refractivity contribution in [1.29, 1.82) is 0 Å². The Labute approximate surface area is 130 Å². The second kappa shape index (κ2) is 8.54. The zero-order valence-corrected chi connectivity index (χ0v) is 14.5. The molecule has 0 aliphatic heterocycles. The summed E-state index contributed by atoms with van der Waals surface area (Å²) in [7, 11) is -3.11. The van der Waals surface area contributed by atoms with Gasteiger partial charge < -0.3 is 5.32 Å². The summed E-state index contributed by atoms with van der Waals surface area (Å²) in [6.45, 7) is 9.44. The van der Waals surface area contributed by atoms with E-state index >= 15 is 0 Å². The number of benzene rings is 1. The molecule has 0 aromatic heterocycles. The third kappa shape index (κ3) is 5.11. The van der Waals surface area contributed by atoms with E-state index in [1.165, 1.54) is 5.56 Å². The summed E-state index contributed by atoms with van der Waals surface area (Å²) < 4.78 is 24.1. The van der Waals surface area contributed by atoms with Crippen LogP contribution in [0.5, 0.6) is 0 Å². The first kappa shape index (κ1) is 18.2. The predicted molar refractivity (Wildman–Crippen MR) is 89.6 cm³/mol. The van der Waals surface area contributed by atoms with Gasteiger partial charge in [0.15, 0.2) is 9.84 Å². The summed E-state index contributed by atoms with van der Waals surface area (Å²) in [5, 5.41) is 3.53. The molecule has 0 heterocycles. The highest BCUT2D eigenvalue weighted by Gasteiger charge is 2.18. The molecule has 4 heteroatoms. The minimum atomic E-state index is -3.11. The molecular weight excluding hydrogens is 282 g/mol. The standard InChI is InChI=1S/C17H29NO2S/c1-5-12-18-14(4)17(7-3)15-8-10-16(11-9-15)21(19,20)13-6-2/h8-11,14,17-18H,5-7,12-13H2,1-4H3. The van der Waals surface area contributed by atoms with Gasteiger partial charge in [-0.3, -0.25) is 0 Å². The lowest BCUT2D eigenvalue weighted by atomic mass is 9.90. The maximum absolute atomic E-state index is 12.0. The van der Waals surface area contributed by atoms with Gasteiger partial charge in [-0.1, -0.05) is 32.9 Å². The van der Waals surface area contributed by atoms with Crippen LogP contribution in [0, 0.1) is 0 Å². The fraction of sp³-hybridized carbons (Fsp3) is 0.647. The monoisotopic (exact) mass is 311 g/mol. The van der Waals surface area contributed by atoms with Crippen molar-refractivity contribution in [3.63, 3.8) is 0 Å². The minimum Gasteiger partial charge on any atom is -0.314 e. The van der Waals surface area contributed by atoms with Gasteiger partial charge in [0.25, 0.3) is 0 Å². The SMILES string of the molecule is CCCNC(C)C(CC)c1ccc(S(=O)(=O)CCC)cc1. The van der Waals surface area contributed by atoms with Gasteiger partial charge in [0.05, 0.1) is 10.6 Å². The Balaban J connectivity index is 2.89. The van der Waals surface area contributed by atoms with Crippen molar-refractivity contribution in [3.05, 3.63) is 29.8 Å². The number of nitrogens with one attached hydrogen (secondary N) is 1. The van der Waals surface area contributed by atoms with Gasteiger partial charge in [0.2, 0.25) is 0 Å². The van der Waals surface area contributed by atoms with Crippen LogP contribution in [0.3, 0.4) is 0 Å². The van der Waals surface area contributed by atoms with Crippen LogP contribution in [0.4, 0.5) is 0 Å². The number of hydrogen-bond donors (Lipinski definition) is 1. The highest BCUT2D eigenvalue weighted by atomic mass is 32.2. The van der Waals surface area contributed by atoms with Crippen LogP contribution < -0.4 is 5.32 Å². The van der Waals surface area contributed by atoms with E-state index in [9.17, 15) is 8.42 Å². The summed E-state index contributed by atoms with van der Waals surface area (Å²) in [5.74, 6) is 0.636. The molecule has 2 unspecified atom stereocenters. The van der Waals surface area contributed by atoms with Crippen LogP contribution in [0.1, 0.15) is 58.4 Å². The van der Waals surface area contributed by atoms with Gasteiger partial charge in [-0.05, 0) is 56.3 Å². The largest absolute Gasteiger partial charge is 0.314 e. The Hall–Kier alpha value is -0.870. The Bertz CT molecular complexity index is 508. The van der Waals surface area contributed by atoms with E-state index in [4.69, 9.17) is 0 Å². The van der Waals surface area contributed by atoms with Crippen LogP contribution >= 0.6 is 0 Å². The summed E-state index contributed by atoms with van der Waals surface area (Å²) >= 11 is 0. The van der Waals surface area contributed by atoms with Crippen molar-refractivity contribution in [2.45, 2.75) is 63.8 Å². The van der Waals surface area contributed by atoms with E-state index in [1.54, 1.807) is 12.1 Å². The van der Waals surface area contributed by atoms with Gasteiger partial charge in [0.1, 0.15) is 0 Å². The smallest absolute Gasteiger partial charge is 0.178 e. The maximum atomic E-state index is 12.0. The minimum absolute atomic E-state index is 0.220. The lowest BCUT2D eigenvalue weighted by molar-refractivity contribution is 0.450. The highest BCUT2D eigenvalue weighted by molar-refractivity contribution is 7.91. The quantitative estimate of drug-likeness (QED) is 0.755. The first-order valence-electron chi connectivity index (χ1n) is 8.02. The number of rotatable bonds is 9. The van der Waals surface area contributed by atoms with Crippen LogP contribution in [0.15, 0.2) is 29.2 Å². The summed E-state index contributed by atoms with van der Waals surface area (Å²) in [4.78, 5) is 0.442. The third-order valence-electron chi connectivity index (χ3n) is 3.90. The molecule has 0 radical (unpaired) electrons. The van der Waals surface area contributed by atoms with Gasteiger partial charge in [-0.15, -0.1) is 0 Å². The molecule has 0 amide bonds. The lowest BCUT2D eigenvalue weighted by Crippen LogP contribution is -2.32. The molecular formula is C17H29NO2S. The second-order valence-electron chi connectivity index (χ2n) is 5.65. The van der Waals surface area contributed by atoms with E-state index in [-0.39, 0.29) is 5.75 Å². The van der Waals surface area contributed by atoms with Crippen LogP contribution in [0.25, 0.3) is 0 Å². The van der Waals surface area contributed by atoms with Crippen LogP contribution in [0.2, 0.25) is 0 Å². The molecule has 1 rings (SSSR count). The fourth-order valence-corrected chi connectivity index (χ4v) is 4.03. The number of hydrogen-bond acceptors (Lipinski definition) is 3. The molecule has 0 aliphatic carbocycles. The Morgan fingerprint density at radius 1 is 1.05 bits per heavy atom. The summed E-state index contributed by atoms with van der Waals surface area (Å²) in [6, 6.07) is 7.86. The fourth-order valence-electron chi connectivity index (χ4n) is 2.70. The first-order valence-corrected chi connectivity index (χ1v) is 9.67. The average molecular weight is 311 g/mol. The van der Waals surface area contributed by atoms with Gasteiger partial charge in [-0.25, -0.2) is 8.42 Å². The number of sulfone groups is 1. The van der Waals surface area contributed by atoms with Gasteiger partial charge in [-0.2, -0.15) is 0 Å². The van der Waals surface area contributed by atoms with E-state index in [2.05, 4.69) is 26.1 Å². The molecule has 0 saturated heterocycles. The maximum Gasteiger partial charge on any atom is 0.178 e. The molecule has 0 bridgehead atoms. The normalized spacial score (nSPS) is 14.9. The molecule has 0 saturated carbocycles. The molecule has 1 N–H and O–H groups in total. The molecule has 1 aromatic carbocycles. The van der Waals surface area contributed by atoms with E-state index in [1.807, 2.05) is 19.1 Å². The lowest BCUT2D eigenvalue weighted by Gasteiger charge is -2.24. The molecule has 0 spiro atoms. The first-order chi connectivity index (χ1) is 9.96. The summed E-state index contributed by atoms with van der Waals surface area (Å²) in [5.41, 5.74) is 1.21. The summed E-state index contributed by atoms with van der Waals surface area (Å²) in [6.07, 6.45) is 2.81. The molecule has 2 atom stereocenters. The van der Waals surface area contributed by atoms with E-state index in [0.29, 0.717) is 23.3 Å². The molecule has 0 aliphatic rings. The molecule has 0 fully saturated rings. The van der Waals surface area contributed by atoms with Crippen molar-refractivity contribution >= 4 is 9.84 Å². The van der Waals surface area contributed by atoms with Gasteiger partial charge in [0, 0.05) is 6.04 Å². The van der Waals surface area contributed by atoms with Crippen LogP contribution in [-0.4, -0.2) is 26.8 Å². The Kier molecular flexibility index (Phi) is 7.40. The zero-order valence-electron chi connectivity index (χ0n) is 13.7. The van der Waals surface area contributed by atoms with Crippen molar-refractivity contribution in [1.82, 2.24) is 5.32 Å². The molecule has 120 valence electrons. The van der Waals surface area contributed by atoms with E-state index in [0.717, 1.165) is 19.4 Å². The average Bonchev–Trinajstić information content (AvgIpc) is 2.46.